The van der Waals surface area contributed by atoms with Gasteiger partial charge in [-0.1, -0.05) is 63.8 Å². The van der Waals surface area contributed by atoms with Gasteiger partial charge in [-0.05, 0) is 24.8 Å². The number of aliphatic hydroxyl groups is 1. The molecule has 0 aliphatic carbocycles. The molecule has 0 saturated carbocycles. The van der Waals surface area contributed by atoms with Gasteiger partial charge < -0.3 is 15.0 Å². The zero-order valence-electron chi connectivity index (χ0n) is 15.7. The third-order valence-electron chi connectivity index (χ3n) is 4.49. The summed E-state index contributed by atoms with van der Waals surface area (Å²) in [5.74, 6) is -4.98. The zero-order valence-corrected chi connectivity index (χ0v) is 15.7. The van der Waals surface area contributed by atoms with Crippen LogP contribution < -0.4 is 5.11 Å². The quantitative estimate of drug-likeness (QED) is 0.331. The van der Waals surface area contributed by atoms with Gasteiger partial charge in [-0.15, -0.1) is 0 Å². The van der Waals surface area contributed by atoms with Crippen LogP contribution in [0.2, 0.25) is 0 Å². The third kappa shape index (κ3) is 6.71. The van der Waals surface area contributed by atoms with Crippen LogP contribution in [0.1, 0.15) is 74.7 Å². The number of carboxylic acid groups (broad SMARTS) is 1. The van der Waals surface area contributed by atoms with Crippen LogP contribution in [0.25, 0.3) is 0 Å². The number of aliphatic hydroxyl groups excluding tert-OH is 1. The summed E-state index contributed by atoms with van der Waals surface area (Å²) in [5.41, 5.74) is 1.29. The second-order valence-corrected chi connectivity index (χ2v) is 6.68. The predicted molar refractivity (Wildman–Crippen MR) is 97.7 cm³/mol. The van der Waals surface area contributed by atoms with E-state index < -0.39 is 29.6 Å². The molecule has 1 rings (SSSR count). The largest absolute Gasteiger partial charge is 0.549 e. The first-order valence-electron chi connectivity index (χ1n) is 9.47. The van der Waals surface area contributed by atoms with E-state index in [0.717, 1.165) is 18.4 Å². The number of hydrogen-bond acceptors (Lipinski definition) is 5. The van der Waals surface area contributed by atoms with Gasteiger partial charge >= 0.3 is 0 Å². The van der Waals surface area contributed by atoms with Crippen molar-refractivity contribution in [2.45, 2.75) is 71.3 Å². The van der Waals surface area contributed by atoms with E-state index in [1.54, 1.807) is 19.1 Å². The number of hydrogen-bond donors (Lipinski definition) is 1. The molecule has 0 aromatic heterocycles. The summed E-state index contributed by atoms with van der Waals surface area (Å²) in [7, 11) is 0. The van der Waals surface area contributed by atoms with Crippen LogP contribution in [0.15, 0.2) is 24.3 Å². The highest BCUT2D eigenvalue weighted by Gasteiger charge is 2.33. The van der Waals surface area contributed by atoms with E-state index in [1.165, 1.54) is 25.7 Å². The number of carboxylic acids is 1. The van der Waals surface area contributed by atoms with Gasteiger partial charge in [0, 0.05) is 12.0 Å². The number of carbonyl (C=O) groups excluding carboxylic acids is 3. The van der Waals surface area contributed by atoms with Crippen LogP contribution >= 0.6 is 0 Å². The number of aryl methyl sites for hydroxylation is 1. The molecule has 0 amide bonds. The Morgan fingerprint density at radius 2 is 1.58 bits per heavy atom. The smallest absolute Gasteiger partial charge is 0.192 e. The number of carbonyl (C=O) groups is 3. The summed E-state index contributed by atoms with van der Waals surface area (Å²) >= 11 is 0. The second-order valence-electron chi connectivity index (χ2n) is 6.68. The fourth-order valence-corrected chi connectivity index (χ4v) is 2.93. The molecule has 2 unspecified atom stereocenters. The van der Waals surface area contributed by atoms with Gasteiger partial charge in [-0.25, -0.2) is 0 Å². The van der Waals surface area contributed by atoms with Gasteiger partial charge in [0.1, 0.15) is 11.9 Å². The van der Waals surface area contributed by atoms with E-state index in [2.05, 4.69) is 6.92 Å². The minimum absolute atomic E-state index is 0.0139. The molecule has 5 nitrogen and oxygen atoms in total. The van der Waals surface area contributed by atoms with Crippen LogP contribution in [-0.2, 0) is 16.0 Å². The van der Waals surface area contributed by atoms with E-state index in [4.69, 9.17) is 0 Å². The van der Waals surface area contributed by atoms with Gasteiger partial charge in [0.15, 0.2) is 5.78 Å². The molecule has 1 aromatic rings. The molecule has 1 aromatic carbocycles. The Labute approximate surface area is 155 Å². The maximum atomic E-state index is 12.3. The van der Waals surface area contributed by atoms with Crippen molar-refractivity contribution in [1.82, 2.24) is 0 Å². The maximum Gasteiger partial charge on any atom is 0.192 e. The molecule has 0 heterocycles. The Balaban J connectivity index is 2.70. The molecule has 0 bridgehead atoms. The Bertz CT molecular complexity index is 591. The standard InChI is InChI=1S/C21H30O5/c1-3-5-6-7-8-10-15-11-13-16(14-12-15)19(23)20(24)18(21(25)26)17(22)9-4-2/h11-14,18,20,24H,3-10H2,1-2H3,(H,25,26)/p-1. The average molecular weight is 361 g/mol. The van der Waals surface area contributed by atoms with Gasteiger partial charge in [0.05, 0.1) is 11.9 Å². The molecule has 2 atom stereocenters. The Morgan fingerprint density at radius 1 is 0.962 bits per heavy atom. The highest BCUT2D eigenvalue weighted by atomic mass is 16.4. The summed E-state index contributed by atoms with van der Waals surface area (Å²) < 4.78 is 0. The van der Waals surface area contributed by atoms with Crippen LogP contribution in [0.3, 0.4) is 0 Å². The van der Waals surface area contributed by atoms with Crippen molar-refractivity contribution < 1.29 is 24.6 Å². The molecule has 0 aliphatic rings. The van der Waals surface area contributed by atoms with Crippen molar-refractivity contribution in [1.29, 1.82) is 0 Å². The molecule has 26 heavy (non-hydrogen) atoms. The monoisotopic (exact) mass is 361 g/mol. The fourth-order valence-electron chi connectivity index (χ4n) is 2.93. The number of ketones is 2. The fraction of sp³-hybridized carbons (Fsp3) is 0.571. The molecule has 5 heteroatoms. The van der Waals surface area contributed by atoms with Crippen molar-refractivity contribution in [2.24, 2.45) is 5.92 Å². The number of aliphatic carboxylic acids is 1. The van der Waals surface area contributed by atoms with Crippen molar-refractivity contribution >= 4 is 17.5 Å². The van der Waals surface area contributed by atoms with Crippen molar-refractivity contribution in [3.8, 4) is 0 Å². The van der Waals surface area contributed by atoms with Crippen molar-refractivity contribution in [3.63, 3.8) is 0 Å². The normalized spacial score (nSPS) is 13.2. The summed E-state index contributed by atoms with van der Waals surface area (Å²) in [6.45, 7) is 3.89. The second kappa shape index (κ2) is 11.6. The summed E-state index contributed by atoms with van der Waals surface area (Å²) in [5, 5.41) is 21.3. The van der Waals surface area contributed by atoms with Crippen molar-refractivity contribution in [3.05, 3.63) is 35.4 Å². The molecule has 0 saturated heterocycles. The minimum atomic E-state index is -1.92. The summed E-state index contributed by atoms with van der Waals surface area (Å²) in [6.07, 6.45) is 5.32. The van der Waals surface area contributed by atoms with E-state index >= 15 is 0 Å². The molecular formula is C21H29O5-. The molecule has 0 spiro atoms. The van der Waals surface area contributed by atoms with Crippen LogP contribution in [-0.4, -0.2) is 28.7 Å². The predicted octanol–water partition coefficient (Wildman–Crippen LogP) is 2.48. The van der Waals surface area contributed by atoms with Gasteiger partial charge in [-0.2, -0.15) is 0 Å². The first kappa shape index (κ1) is 22.0. The van der Waals surface area contributed by atoms with E-state index in [0.29, 0.717) is 6.42 Å². The van der Waals surface area contributed by atoms with E-state index in [1.807, 2.05) is 12.1 Å². The SMILES string of the molecule is CCCCCCCc1ccc(C(=O)C(O)C(C(=O)[O-])C(=O)CCC)cc1. The number of rotatable bonds is 13. The third-order valence-corrected chi connectivity index (χ3v) is 4.49. The maximum absolute atomic E-state index is 12.3. The minimum Gasteiger partial charge on any atom is -0.549 e. The molecule has 144 valence electrons. The molecule has 1 N–H and O–H groups in total. The average Bonchev–Trinajstić information content (AvgIpc) is 2.61. The molecule has 0 fully saturated rings. The Morgan fingerprint density at radius 3 is 2.12 bits per heavy atom. The molecule has 0 radical (unpaired) electrons. The lowest BCUT2D eigenvalue weighted by atomic mass is 9.89. The lowest BCUT2D eigenvalue weighted by molar-refractivity contribution is -0.311. The lowest BCUT2D eigenvalue weighted by Gasteiger charge is -2.21. The highest BCUT2D eigenvalue weighted by molar-refractivity contribution is 6.08. The van der Waals surface area contributed by atoms with Gasteiger partial charge in [0.25, 0.3) is 0 Å². The highest BCUT2D eigenvalue weighted by Crippen LogP contribution is 2.16. The Kier molecular flexibility index (Phi) is 9.81. The topological polar surface area (TPSA) is 94.5 Å². The first-order chi connectivity index (χ1) is 12.4. The van der Waals surface area contributed by atoms with E-state index in [9.17, 15) is 24.6 Å². The van der Waals surface area contributed by atoms with E-state index in [-0.39, 0.29) is 12.0 Å². The van der Waals surface area contributed by atoms with Gasteiger partial charge in [-0.3, -0.25) is 9.59 Å². The number of benzene rings is 1. The van der Waals surface area contributed by atoms with Crippen LogP contribution in [0.4, 0.5) is 0 Å². The van der Waals surface area contributed by atoms with Gasteiger partial charge in [0.2, 0.25) is 0 Å². The lowest BCUT2D eigenvalue weighted by Crippen LogP contribution is -2.46. The number of unbranched alkanes of at least 4 members (excludes halogenated alkanes) is 4. The Hall–Kier alpha value is -2.01. The zero-order chi connectivity index (χ0) is 19.5. The van der Waals surface area contributed by atoms with Crippen molar-refractivity contribution in [2.75, 3.05) is 0 Å². The van der Waals surface area contributed by atoms with Crippen LogP contribution in [0, 0.1) is 5.92 Å². The summed E-state index contributed by atoms with van der Waals surface area (Å²) in [6, 6.07) is 6.76. The molecular weight excluding hydrogens is 332 g/mol. The number of Topliss-reactive ketones (excluding diaryl/α,β-unsaturated/α-hetero) is 2. The summed E-state index contributed by atoms with van der Waals surface area (Å²) in [4.78, 5) is 35.4. The van der Waals surface area contributed by atoms with Crippen LogP contribution in [0.5, 0.6) is 0 Å². The molecule has 0 aliphatic heterocycles. The first-order valence-corrected chi connectivity index (χ1v) is 9.47.